The number of hydrogen-bond acceptors (Lipinski definition) is 3. The third-order valence-corrected chi connectivity index (χ3v) is 6.64. The quantitative estimate of drug-likeness (QED) is 0.646. The van der Waals surface area contributed by atoms with E-state index in [2.05, 4.69) is 9.82 Å². The predicted molar refractivity (Wildman–Crippen MR) is 106 cm³/mol. The van der Waals surface area contributed by atoms with Gasteiger partial charge in [0.15, 0.2) is 0 Å². The Balaban J connectivity index is 1.70. The Bertz CT molecular complexity index is 1090. The van der Waals surface area contributed by atoms with Gasteiger partial charge in [0, 0.05) is 23.9 Å². The molecule has 1 aromatic heterocycles. The predicted octanol–water partition coefficient (Wildman–Crippen LogP) is 4.42. The summed E-state index contributed by atoms with van der Waals surface area (Å²) in [5, 5.41) is 4.57. The molecule has 1 heterocycles. The van der Waals surface area contributed by atoms with Crippen LogP contribution in [0.1, 0.15) is 37.3 Å². The molecule has 1 saturated carbocycles. The van der Waals surface area contributed by atoms with Gasteiger partial charge in [-0.15, -0.1) is 0 Å². The molecular formula is C21H21F2N3O2S. The van der Waals surface area contributed by atoms with E-state index in [1.165, 1.54) is 12.3 Å². The molecule has 0 aliphatic heterocycles. The lowest BCUT2D eigenvalue weighted by molar-refractivity contribution is 0.467. The molecule has 29 heavy (non-hydrogen) atoms. The molecule has 0 amide bonds. The second-order valence-electron chi connectivity index (χ2n) is 7.15. The normalized spacial score (nSPS) is 15.1. The molecule has 0 spiro atoms. The first-order valence-corrected chi connectivity index (χ1v) is 11.0. The molecule has 3 aromatic rings. The van der Waals surface area contributed by atoms with Crippen molar-refractivity contribution in [3.63, 3.8) is 0 Å². The molecular weight excluding hydrogens is 396 g/mol. The number of hydrogen-bond donors (Lipinski definition) is 1. The number of sulfonamides is 1. The second kappa shape index (κ2) is 8.04. The summed E-state index contributed by atoms with van der Waals surface area (Å²) in [4.78, 5) is 0.00680. The van der Waals surface area contributed by atoms with Crippen molar-refractivity contribution >= 4 is 10.0 Å². The van der Waals surface area contributed by atoms with Crippen LogP contribution in [0.2, 0.25) is 0 Å². The molecule has 0 radical (unpaired) electrons. The lowest BCUT2D eigenvalue weighted by atomic mass is 10.2. The summed E-state index contributed by atoms with van der Waals surface area (Å²) < 4.78 is 57.9. The van der Waals surface area contributed by atoms with Crippen molar-refractivity contribution in [1.29, 1.82) is 0 Å². The highest BCUT2D eigenvalue weighted by molar-refractivity contribution is 7.89. The highest BCUT2D eigenvalue weighted by Gasteiger charge is 2.27. The number of aromatic nitrogens is 2. The molecule has 5 nitrogen and oxygen atoms in total. The summed E-state index contributed by atoms with van der Waals surface area (Å²) >= 11 is 0. The summed E-state index contributed by atoms with van der Waals surface area (Å²) in [6, 6.07) is 12.6. The maximum atomic E-state index is 13.9. The highest BCUT2D eigenvalue weighted by Crippen LogP contribution is 2.33. The minimum Gasteiger partial charge on any atom is -0.268 e. The zero-order chi connectivity index (χ0) is 20.4. The molecule has 4 rings (SSSR count). The van der Waals surface area contributed by atoms with Crippen molar-refractivity contribution in [2.45, 2.75) is 43.2 Å². The lowest BCUT2D eigenvalue weighted by Crippen LogP contribution is -2.24. The van der Waals surface area contributed by atoms with Gasteiger partial charge in [0.05, 0.1) is 6.04 Å². The molecule has 0 atom stereocenters. The SMILES string of the molecule is O=S(=O)(NCc1c(F)cccc1F)c1cn(C2CCCC2)nc1-c1ccccc1. The zero-order valence-corrected chi connectivity index (χ0v) is 16.5. The van der Waals surface area contributed by atoms with Gasteiger partial charge in [0.1, 0.15) is 22.2 Å². The Hall–Kier alpha value is -2.58. The van der Waals surface area contributed by atoms with Crippen LogP contribution in [-0.4, -0.2) is 18.2 Å². The van der Waals surface area contributed by atoms with E-state index in [1.807, 2.05) is 18.2 Å². The van der Waals surface area contributed by atoms with Gasteiger partial charge >= 0.3 is 0 Å². The number of rotatable bonds is 6. The number of nitrogens with zero attached hydrogens (tertiary/aromatic N) is 2. The number of nitrogens with one attached hydrogen (secondary N) is 1. The Kier molecular flexibility index (Phi) is 5.47. The van der Waals surface area contributed by atoms with Gasteiger partial charge in [0.25, 0.3) is 0 Å². The smallest absolute Gasteiger partial charge is 0.244 e. The molecule has 2 aromatic carbocycles. The van der Waals surface area contributed by atoms with Crippen molar-refractivity contribution in [3.8, 4) is 11.3 Å². The molecule has 0 unspecified atom stereocenters. The molecule has 1 aliphatic rings. The van der Waals surface area contributed by atoms with Gasteiger partial charge in [0.2, 0.25) is 10.0 Å². The third-order valence-electron chi connectivity index (χ3n) is 5.23. The van der Waals surface area contributed by atoms with Crippen LogP contribution in [0.4, 0.5) is 8.78 Å². The topological polar surface area (TPSA) is 64.0 Å². The fourth-order valence-corrected chi connectivity index (χ4v) is 4.82. The zero-order valence-electron chi connectivity index (χ0n) is 15.7. The van der Waals surface area contributed by atoms with Gasteiger partial charge in [-0.3, -0.25) is 4.68 Å². The maximum Gasteiger partial charge on any atom is 0.244 e. The molecule has 1 N–H and O–H groups in total. The molecule has 0 saturated heterocycles. The molecule has 152 valence electrons. The van der Waals surface area contributed by atoms with Crippen molar-refractivity contribution in [1.82, 2.24) is 14.5 Å². The highest BCUT2D eigenvalue weighted by atomic mass is 32.2. The average Bonchev–Trinajstić information content (AvgIpc) is 3.38. The van der Waals surface area contributed by atoms with E-state index < -0.39 is 28.2 Å². The van der Waals surface area contributed by atoms with Gasteiger partial charge in [-0.05, 0) is 25.0 Å². The van der Waals surface area contributed by atoms with E-state index in [9.17, 15) is 17.2 Å². The van der Waals surface area contributed by atoms with Gasteiger partial charge < -0.3 is 0 Å². The summed E-state index contributed by atoms with van der Waals surface area (Å²) in [6.45, 7) is -0.482. The second-order valence-corrected chi connectivity index (χ2v) is 8.89. The first kappa shape index (κ1) is 19.7. The molecule has 1 fully saturated rings. The fourth-order valence-electron chi connectivity index (χ4n) is 3.67. The van der Waals surface area contributed by atoms with Crippen LogP contribution in [0.5, 0.6) is 0 Å². The first-order valence-electron chi connectivity index (χ1n) is 9.53. The summed E-state index contributed by atoms with van der Waals surface area (Å²) in [5.74, 6) is -1.59. The van der Waals surface area contributed by atoms with E-state index in [4.69, 9.17) is 0 Å². The average molecular weight is 417 g/mol. The maximum absolute atomic E-state index is 13.9. The molecule has 8 heteroatoms. The lowest BCUT2D eigenvalue weighted by Gasteiger charge is -2.09. The summed E-state index contributed by atoms with van der Waals surface area (Å²) in [6.07, 6.45) is 5.58. The van der Waals surface area contributed by atoms with Crippen LogP contribution in [0.25, 0.3) is 11.3 Å². The van der Waals surface area contributed by atoms with Crippen LogP contribution in [-0.2, 0) is 16.6 Å². The minimum absolute atomic E-state index is 0.00680. The standard InChI is InChI=1S/C21H21F2N3O2S/c22-18-11-6-12-19(23)17(18)13-24-29(27,28)20-14-26(16-9-4-5-10-16)25-21(20)15-7-2-1-3-8-15/h1-3,6-8,11-12,14,16,24H,4-5,9-10,13H2. The molecule has 1 aliphatic carbocycles. The Labute approximate surface area is 168 Å². The van der Waals surface area contributed by atoms with Crippen LogP contribution >= 0.6 is 0 Å². The fraction of sp³-hybridized carbons (Fsp3) is 0.286. The van der Waals surface area contributed by atoms with E-state index in [0.717, 1.165) is 37.8 Å². The Morgan fingerprint density at radius 1 is 1.00 bits per heavy atom. The van der Waals surface area contributed by atoms with E-state index in [1.54, 1.807) is 16.8 Å². The molecule has 0 bridgehead atoms. The van der Waals surface area contributed by atoms with Crippen molar-refractivity contribution in [2.24, 2.45) is 0 Å². The van der Waals surface area contributed by atoms with Crippen molar-refractivity contribution in [2.75, 3.05) is 0 Å². The van der Waals surface area contributed by atoms with Gasteiger partial charge in [-0.1, -0.05) is 49.2 Å². The monoisotopic (exact) mass is 417 g/mol. The minimum atomic E-state index is -4.05. The van der Waals surface area contributed by atoms with E-state index in [-0.39, 0.29) is 16.5 Å². The summed E-state index contributed by atoms with van der Waals surface area (Å²) in [5.41, 5.74) is 0.682. The number of benzene rings is 2. The third kappa shape index (κ3) is 4.09. The van der Waals surface area contributed by atoms with Crippen LogP contribution in [0.3, 0.4) is 0 Å². The van der Waals surface area contributed by atoms with E-state index in [0.29, 0.717) is 11.3 Å². The van der Waals surface area contributed by atoms with Crippen LogP contribution in [0.15, 0.2) is 59.6 Å². The van der Waals surface area contributed by atoms with Crippen LogP contribution < -0.4 is 4.72 Å². The van der Waals surface area contributed by atoms with Gasteiger partial charge in [-0.25, -0.2) is 21.9 Å². The first-order chi connectivity index (χ1) is 14.0. The summed E-state index contributed by atoms with van der Waals surface area (Å²) in [7, 11) is -4.05. The number of halogens is 2. The van der Waals surface area contributed by atoms with Crippen molar-refractivity contribution < 1.29 is 17.2 Å². The largest absolute Gasteiger partial charge is 0.268 e. The van der Waals surface area contributed by atoms with E-state index >= 15 is 0 Å². The Morgan fingerprint density at radius 2 is 1.66 bits per heavy atom. The van der Waals surface area contributed by atoms with Crippen molar-refractivity contribution in [3.05, 3.63) is 71.9 Å². The van der Waals surface area contributed by atoms with Crippen LogP contribution in [0, 0.1) is 11.6 Å². The Morgan fingerprint density at radius 3 is 2.31 bits per heavy atom. The van der Waals surface area contributed by atoms with Gasteiger partial charge in [-0.2, -0.15) is 5.10 Å².